The average Bonchev–Trinajstić information content (AvgIpc) is 2.60. The van der Waals surface area contributed by atoms with Gasteiger partial charge in [-0.1, -0.05) is 6.07 Å². The second-order valence-electron chi connectivity index (χ2n) is 3.17. The lowest BCUT2D eigenvalue weighted by molar-refractivity contribution is 0.540. The van der Waals surface area contributed by atoms with Crippen LogP contribution in [0.3, 0.4) is 0 Å². The Morgan fingerprint density at radius 1 is 1.47 bits per heavy atom. The van der Waals surface area contributed by atoms with Crippen molar-refractivity contribution in [2.45, 2.75) is 12.8 Å². The molecule has 0 bridgehead atoms. The summed E-state index contributed by atoms with van der Waals surface area (Å²) in [5.74, 6) is 1.82. The van der Waals surface area contributed by atoms with Crippen LogP contribution in [0.25, 0.3) is 11.5 Å². The lowest BCUT2D eigenvalue weighted by Gasteiger charge is -1.95. The monoisotopic (exact) mass is 333 g/mol. The fourth-order valence-corrected chi connectivity index (χ4v) is 2.09. The van der Waals surface area contributed by atoms with Gasteiger partial charge in [-0.25, -0.2) is 4.98 Å². The minimum absolute atomic E-state index is 0.388. The summed E-state index contributed by atoms with van der Waals surface area (Å²) in [6.45, 7) is 1.88. The summed E-state index contributed by atoms with van der Waals surface area (Å²) in [5, 5.41) is 0. The molecule has 0 amide bonds. The molecule has 0 aliphatic rings. The van der Waals surface area contributed by atoms with E-state index in [0.29, 0.717) is 11.8 Å². The predicted octanol–water partition coefficient (Wildman–Crippen LogP) is 3.99. The molecule has 0 radical (unpaired) electrons. The molecule has 0 spiro atoms. The summed E-state index contributed by atoms with van der Waals surface area (Å²) < 4.78 is 6.71. The summed E-state index contributed by atoms with van der Waals surface area (Å²) in [5.41, 5.74) is 1.80. The van der Waals surface area contributed by atoms with E-state index in [0.717, 1.165) is 20.6 Å². The van der Waals surface area contributed by atoms with Crippen molar-refractivity contribution in [3.8, 4) is 11.5 Å². The number of aryl methyl sites for hydroxylation is 1. The van der Waals surface area contributed by atoms with Crippen LogP contribution >= 0.6 is 34.2 Å². The van der Waals surface area contributed by atoms with Crippen LogP contribution in [0.5, 0.6) is 0 Å². The molecule has 2 rings (SSSR count). The van der Waals surface area contributed by atoms with Gasteiger partial charge in [-0.05, 0) is 47.7 Å². The summed E-state index contributed by atoms with van der Waals surface area (Å²) in [4.78, 5) is 4.34. The van der Waals surface area contributed by atoms with E-state index in [1.54, 1.807) is 0 Å². The van der Waals surface area contributed by atoms with Crippen LogP contribution in [0.1, 0.15) is 11.5 Å². The van der Waals surface area contributed by atoms with E-state index in [4.69, 9.17) is 16.0 Å². The van der Waals surface area contributed by atoms with Crippen molar-refractivity contribution in [3.63, 3.8) is 0 Å². The first-order valence-electron chi connectivity index (χ1n) is 4.49. The first-order valence-corrected chi connectivity index (χ1v) is 6.10. The molecule has 2 aromatic rings. The average molecular weight is 334 g/mol. The quantitative estimate of drug-likeness (QED) is 0.613. The number of aromatic nitrogens is 1. The summed E-state index contributed by atoms with van der Waals surface area (Å²) >= 11 is 8.00. The number of rotatable bonds is 2. The van der Waals surface area contributed by atoms with Crippen LogP contribution < -0.4 is 0 Å². The van der Waals surface area contributed by atoms with E-state index in [9.17, 15) is 0 Å². The van der Waals surface area contributed by atoms with Gasteiger partial charge in [-0.2, -0.15) is 0 Å². The molecule has 1 aromatic heterocycles. The minimum atomic E-state index is 0.388. The molecular weight excluding hydrogens is 324 g/mol. The normalized spacial score (nSPS) is 10.6. The third kappa shape index (κ3) is 2.34. The van der Waals surface area contributed by atoms with Gasteiger partial charge >= 0.3 is 0 Å². The summed E-state index contributed by atoms with van der Waals surface area (Å²) in [7, 11) is 0. The maximum Gasteiger partial charge on any atom is 0.226 e. The Labute approximate surface area is 107 Å². The van der Waals surface area contributed by atoms with E-state index < -0.39 is 0 Å². The number of halogens is 2. The highest BCUT2D eigenvalue weighted by Gasteiger charge is 2.10. The largest absolute Gasteiger partial charge is 0.441 e. The molecule has 0 aliphatic heterocycles. The topological polar surface area (TPSA) is 26.0 Å². The van der Waals surface area contributed by atoms with Crippen molar-refractivity contribution in [2.75, 3.05) is 0 Å². The SMILES string of the molecule is Cc1oc(-c2cccc(I)c2)nc1CCl. The zero-order valence-corrected chi connectivity index (χ0v) is 11.0. The van der Waals surface area contributed by atoms with Crippen LogP contribution in [-0.4, -0.2) is 4.98 Å². The summed E-state index contributed by atoms with van der Waals surface area (Å²) in [6.07, 6.45) is 0. The second kappa shape index (κ2) is 4.53. The fourth-order valence-electron chi connectivity index (χ4n) is 1.30. The fraction of sp³-hybridized carbons (Fsp3) is 0.182. The number of oxazole rings is 1. The molecule has 0 unspecified atom stereocenters. The van der Waals surface area contributed by atoms with E-state index in [1.165, 1.54) is 0 Å². The molecule has 0 fully saturated rings. The van der Waals surface area contributed by atoms with E-state index in [-0.39, 0.29) is 0 Å². The molecule has 15 heavy (non-hydrogen) atoms. The number of nitrogens with zero attached hydrogens (tertiary/aromatic N) is 1. The van der Waals surface area contributed by atoms with Gasteiger partial charge < -0.3 is 4.42 Å². The molecule has 0 aliphatic carbocycles. The molecule has 4 heteroatoms. The highest BCUT2D eigenvalue weighted by molar-refractivity contribution is 14.1. The Kier molecular flexibility index (Phi) is 3.31. The van der Waals surface area contributed by atoms with Gasteiger partial charge in [0.05, 0.1) is 11.6 Å². The highest BCUT2D eigenvalue weighted by atomic mass is 127. The number of benzene rings is 1. The molecule has 0 N–H and O–H groups in total. The van der Waals surface area contributed by atoms with Gasteiger partial charge in [-0.3, -0.25) is 0 Å². The molecular formula is C11H9ClINO. The van der Waals surface area contributed by atoms with Gasteiger partial charge in [-0.15, -0.1) is 11.6 Å². The molecule has 78 valence electrons. The van der Waals surface area contributed by atoms with Gasteiger partial charge in [0.25, 0.3) is 0 Å². The maximum atomic E-state index is 5.74. The van der Waals surface area contributed by atoms with Gasteiger partial charge in [0.1, 0.15) is 5.76 Å². The molecule has 0 saturated carbocycles. The number of hydrogen-bond acceptors (Lipinski definition) is 2. The molecule has 1 heterocycles. The van der Waals surface area contributed by atoms with E-state index in [2.05, 4.69) is 27.6 Å². The minimum Gasteiger partial charge on any atom is -0.441 e. The maximum absolute atomic E-state index is 5.74. The standard InChI is InChI=1S/C11H9ClINO/c1-7-10(6-12)14-11(15-7)8-3-2-4-9(13)5-8/h2-5H,6H2,1H3. The van der Waals surface area contributed by atoms with Crippen LogP contribution in [0, 0.1) is 10.5 Å². The van der Waals surface area contributed by atoms with Gasteiger partial charge in [0.15, 0.2) is 0 Å². The summed E-state index contributed by atoms with van der Waals surface area (Å²) in [6, 6.07) is 8.02. The Morgan fingerprint density at radius 2 is 2.27 bits per heavy atom. The third-order valence-electron chi connectivity index (χ3n) is 2.09. The lowest BCUT2D eigenvalue weighted by Crippen LogP contribution is -1.81. The van der Waals surface area contributed by atoms with Crippen molar-refractivity contribution in [3.05, 3.63) is 39.3 Å². The van der Waals surface area contributed by atoms with Crippen molar-refractivity contribution >= 4 is 34.2 Å². The smallest absolute Gasteiger partial charge is 0.226 e. The first-order chi connectivity index (χ1) is 7.20. The number of hydrogen-bond donors (Lipinski definition) is 0. The second-order valence-corrected chi connectivity index (χ2v) is 4.68. The van der Waals surface area contributed by atoms with Gasteiger partial charge in [0.2, 0.25) is 5.89 Å². The zero-order valence-electron chi connectivity index (χ0n) is 8.13. The Morgan fingerprint density at radius 3 is 2.87 bits per heavy atom. The van der Waals surface area contributed by atoms with Gasteiger partial charge in [0, 0.05) is 9.13 Å². The van der Waals surface area contributed by atoms with Crippen LogP contribution in [0.4, 0.5) is 0 Å². The van der Waals surface area contributed by atoms with Crippen LogP contribution in [0.15, 0.2) is 28.7 Å². The Balaban J connectivity index is 2.45. The predicted molar refractivity (Wildman–Crippen MR) is 69.0 cm³/mol. The first kappa shape index (κ1) is 11.0. The van der Waals surface area contributed by atoms with Crippen molar-refractivity contribution < 1.29 is 4.42 Å². The Bertz CT molecular complexity index is 481. The van der Waals surface area contributed by atoms with Crippen molar-refractivity contribution in [1.82, 2.24) is 4.98 Å². The lowest BCUT2D eigenvalue weighted by atomic mass is 10.2. The van der Waals surface area contributed by atoms with Crippen molar-refractivity contribution in [2.24, 2.45) is 0 Å². The molecule has 2 nitrogen and oxygen atoms in total. The molecule has 0 atom stereocenters. The Hall–Kier alpha value is -0.550. The highest BCUT2D eigenvalue weighted by Crippen LogP contribution is 2.23. The molecule has 0 saturated heterocycles. The van der Waals surface area contributed by atoms with E-state index in [1.807, 2.05) is 31.2 Å². The zero-order chi connectivity index (χ0) is 10.8. The van der Waals surface area contributed by atoms with E-state index >= 15 is 0 Å². The van der Waals surface area contributed by atoms with Crippen LogP contribution in [0.2, 0.25) is 0 Å². The molecule has 1 aromatic carbocycles. The van der Waals surface area contributed by atoms with Crippen molar-refractivity contribution in [1.29, 1.82) is 0 Å². The van der Waals surface area contributed by atoms with Crippen LogP contribution in [-0.2, 0) is 5.88 Å². The number of alkyl halides is 1. The third-order valence-corrected chi connectivity index (χ3v) is 3.01.